The third-order valence-corrected chi connectivity index (χ3v) is 3.03. The largest absolute Gasteiger partial charge is 0.271 e. The molecule has 1 fully saturated rings. The number of hydrazine groups is 1. The maximum atomic E-state index is 5.57. The van der Waals surface area contributed by atoms with Crippen LogP contribution < -0.4 is 11.3 Å². The Morgan fingerprint density at radius 2 is 2.33 bits per heavy atom. The van der Waals surface area contributed by atoms with E-state index in [1.165, 1.54) is 19.3 Å². The van der Waals surface area contributed by atoms with Crippen molar-refractivity contribution in [2.45, 2.75) is 38.6 Å². The van der Waals surface area contributed by atoms with Gasteiger partial charge in [-0.3, -0.25) is 16.3 Å². The summed E-state index contributed by atoms with van der Waals surface area (Å²) >= 11 is 0. The van der Waals surface area contributed by atoms with Gasteiger partial charge >= 0.3 is 0 Å². The van der Waals surface area contributed by atoms with Crippen LogP contribution in [0.1, 0.15) is 43.1 Å². The van der Waals surface area contributed by atoms with Gasteiger partial charge in [0.1, 0.15) is 0 Å². The Morgan fingerprint density at radius 3 is 2.93 bits per heavy atom. The highest BCUT2D eigenvalue weighted by Crippen LogP contribution is 2.35. The van der Waals surface area contributed by atoms with Gasteiger partial charge in [0.05, 0.1) is 11.7 Å². The molecule has 82 valence electrons. The van der Waals surface area contributed by atoms with Crippen LogP contribution in [0.15, 0.2) is 18.2 Å². The molecule has 0 amide bonds. The van der Waals surface area contributed by atoms with E-state index < -0.39 is 0 Å². The van der Waals surface area contributed by atoms with Crippen molar-refractivity contribution in [1.29, 1.82) is 0 Å². The second-order valence-electron chi connectivity index (χ2n) is 4.44. The fraction of sp³-hybridized carbons (Fsp3) is 0.583. The number of nitrogens with one attached hydrogen (secondary N) is 1. The monoisotopic (exact) mass is 205 g/mol. The normalized spacial score (nSPS) is 17.7. The molecule has 0 aromatic carbocycles. The zero-order valence-corrected chi connectivity index (χ0v) is 9.24. The van der Waals surface area contributed by atoms with Crippen molar-refractivity contribution in [3.8, 4) is 0 Å². The van der Waals surface area contributed by atoms with E-state index in [1.807, 2.05) is 25.1 Å². The second kappa shape index (κ2) is 4.73. The number of hydrogen-bond donors (Lipinski definition) is 2. The van der Waals surface area contributed by atoms with Crippen molar-refractivity contribution < 1.29 is 0 Å². The van der Waals surface area contributed by atoms with Crippen molar-refractivity contribution in [3.05, 3.63) is 29.6 Å². The number of aromatic nitrogens is 1. The van der Waals surface area contributed by atoms with Crippen LogP contribution in [0.2, 0.25) is 0 Å². The van der Waals surface area contributed by atoms with Gasteiger partial charge in [-0.15, -0.1) is 0 Å². The molecule has 1 heterocycles. The first-order chi connectivity index (χ1) is 7.29. The lowest BCUT2D eigenvalue weighted by Gasteiger charge is -2.15. The van der Waals surface area contributed by atoms with Gasteiger partial charge < -0.3 is 0 Å². The van der Waals surface area contributed by atoms with Gasteiger partial charge in [0.25, 0.3) is 0 Å². The van der Waals surface area contributed by atoms with Crippen LogP contribution in [0.4, 0.5) is 0 Å². The third-order valence-electron chi connectivity index (χ3n) is 3.03. The summed E-state index contributed by atoms with van der Waals surface area (Å²) in [4.78, 5) is 4.50. The number of hydrogen-bond acceptors (Lipinski definition) is 3. The summed E-state index contributed by atoms with van der Waals surface area (Å²) in [6, 6.07) is 6.31. The number of rotatable bonds is 5. The van der Waals surface area contributed by atoms with Gasteiger partial charge in [0.2, 0.25) is 0 Å². The van der Waals surface area contributed by atoms with E-state index in [0.29, 0.717) is 0 Å². The molecule has 1 unspecified atom stereocenters. The topological polar surface area (TPSA) is 50.9 Å². The van der Waals surface area contributed by atoms with Crippen LogP contribution in [0.25, 0.3) is 0 Å². The predicted molar refractivity (Wildman–Crippen MR) is 61.0 cm³/mol. The Labute approximate surface area is 91.1 Å². The number of nitrogens with zero attached hydrogens (tertiary/aromatic N) is 1. The first-order valence-electron chi connectivity index (χ1n) is 5.69. The van der Waals surface area contributed by atoms with Gasteiger partial charge in [0.15, 0.2) is 0 Å². The Balaban J connectivity index is 1.97. The average Bonchev–Trinajstić information content (AvgIpc) is 3.03. The Bertz CT molecular complexity index is 320. The molecule has 0 spiro atoms. The molecule has 1 aliphatic rings. The highest BCUT2D eigenvalue weighted by Gasteiger charge is 2.23. The molecule has 1 saturated carbocycles. The van der Waals surface area contributed by atoms with Crippen LogP contribution >= 0.6 is 0 Å². The first-order valence-corrected chi connectivity index (χ1v) is 5.69. The Morgan fingerprint density at radius 1 is 1.53 bits per heavy atom. The number of aryl methyl sites for hydroxylation is 1. The van der Waals surface area contributed by atoms with Gasteiger partial charge in [0, 0.05) is 5.69 Å². The summed E-state index contributed by atoms with van der Waals surface area (Å²) in [6.07, 6.45) is 5.17. The van der Waals surface area contributed by atoms with Gasteiger partial charge in [-0.05, 0) is 37.8 Å². The van der Waals surface area contributed by atoms with E-state index in [1.54, 1.807) is 0 Å². The van der Waals surface area contributed by atoms with Crippen LogP contribution in [-0.2, 0) is 0 Å². The molecule has 3 N–H and O–H groups in total. The van der Waals surface area contributed by atoms with Crippen LogP contribution in [0, 0.1) is 12.8 Å². The van der Waals surface area contributed by atoms with Gasteiger partial charge in [-0.1, -0.05) is 18.9 Å². The van der Waals surface area contributed by atoms with Crippen LogP contribution in [0.5, 0.6) is 0 Å². The Hall–Kier alpha value is -0.930. The quantitative estimate of drug-likeness (QED) is 0.571. The van der Waals surface area contributed by atoms with Gasteiger partial charge in [-0.2, -0.15) is 0 Å². The summed E-state index contributed by atoms with van der Waals surface area (Å²) < 4.78 is 0. The van der Waals surface area contributed by atoms with Gasteiger partial charge in [-0.25, -0.2) is 0 Å². The number of nitrogens with two attached hydrogens (primary N) is 1. The Kier molecular flexibility index (Phi) is 3.34. The molecule has 1 aliphatic carbocycles. The first kappa shape index (κ1) is 10.6. The minimum absolute atomic E-state index is 0.213. The molecule has 0 saturated heterocycles. The summed E-state index contributed by atoms with van der Waals surface area (Å²) in [5.41, 5.74) is 4.99. The van der Waals surface area contributed by atoms with Crippen molar-refractivity contribution in [3.63, 3.8) is 0 Å². The van der Waals surface area contributed by atoms with E-state index >= 15 is 0 Å². The van der Waals surface area contributed by atoms with E-state index in [-0.39, 0.29) is 6.04 Å². The lowest BCUT2D eigenvalue weighted by Crippen LogP contribution is -2.28. The zero-order chi connectivity index (χ0) is 10.7. The van der Waals surface area contributed by atoms with Crippen molar-refractivity contribution >= 4 is 0 Å². The van der Waals surface area contributed by atoms with Crippen LogP contribution in [0.3, 0.4) is 0 Å². The smallest absolute Gasteiger partial charge is 0.0632 e. The molecular formula is C12H19N3. The second-order valence-corrected chi connectivity index (χ2v) is 4.44. The van der Waals surface area contributed by atoms with Crippen molar-refractivity contribution in [2.24, 2.45) is 11.8 Å². The molecule has 0 aliphatic heterocycles. The zero-order valence-electron chi connectivity index (χ0n) is 9.24. The van der Waals surface area contributed by atoms with Crippen molar-refractivity contribution in [2.75, 3.05) is 0 Å². The molecule has 15 heavy (non-hydrogen) atoms. The van der Waals surface area contributed by atoms with E-state index in [4.69, 9.17) is 5.84 Å². The minimum atomic E-state index is 0.213. The molecule has 3 nitrogen and oxygen atoms in total. The summed E-state index contributed by atoms with van der Waals surface area (Å²) in [5, 5.41) is 0. The summed E-state index contributed by atoms with van der Waals surface area (Å²) in [7, 11) is 0. The maximum Gasteiger partial charge on any atom is 0.0632 e. The molecule has 3 heteroatoms. The molecule has 0 radical (unpaired) electrons. The third kappa shape index (κ3) is 3.01. The summed E-state index contributed by atoms with van der Waals surface area (Å²) in [5.74, 6) is 6.52. The minimum Gasteiger partial charge on any atom is -0.271 e. The lowest BCUT2D eigenvalue weighted by atomic mass is 10.1. The highest BCUT2D eigenvalue weighted by atomic mass is 15.2. The molecular weight excluding hydrogens is 186 g/mol. The fourth-order valence-electron chi connectivity index (χ4n) is 1.88. The molecule has 2 rings (SSSR count). The average molecular weight is 205 g/mol. The number of pyridine rings is 1. The van der Waals surface area contributed by atoms with E-state index in [0.717, 1.165) is 23.7 Å². The molecule has 1 aromatic heterocycles. The SMILES string of the molecule is Cc1cccc(C(CCC2CC2)NN)n1. The fourth-order valence-corrected chi connectivity index (χ4v) is 1.88. The highest BCUT2D eigenvalue weighted by molar-refractivity contribution is 5.13. The lowest BCUT2D eigenvalue weighted by molar-refractivity contribution is 0.472. The van der Waals surface area contributed by atoms with Crippen LogP contribution in [-0.4, -0.2) is 4.98 Å². The molecule has 0 bridgehead atoms. The van der Waals surface area contributed by atoms with E-state index in [9.17, 15) is 0 Å². The van der Waals surface area contributed by atoms with E-state index in [2.05, 4.69) is 10.4 Å². The summed E-state index contributed by atoms with van der Waals surface area (Å²) in [6.45, 7) is 2.01. The maximum absolute atomic E-state index is 5.57. The van der Waals surface area contributed by atoms with Crippen molar-refractivity contribution in [1.82, 2.24) is 10.4 Å². The predicted octanol–water partition coefficient (Wildman–Crippen LogP) is 2.08. The molecule has 1 atom stereocenters. The molecule has 1 aromatic rings. The standard InChI is InChI=1S/C12H19N3/c1-9-3-2-4-11(14-9)12(15-13)8-7-10-5-6-10/h2-4,10,12,15H,5-8,13H2,1H3.